The van der Waals surface area contributed by atoms with Crippen molar-refractivity contribution in [2.45, 2.75) is 38.6 Å². The lowest BCUT2D eigenvalue weighted by Gasteiger charge is -2.28. The molecule has 76 valence electrons. The number of rotatable bonds is 1. The van der Waals surface area contributed by atoms with Crippen LogP contribution in [0.4, 0.5) is 5.69 Å². The maximum absolute atomic E-state index is 3.62. The molecule has 14 heavy (non-hydrogen) atoms. The van der Waals surface area contributed by atoms with Gasteiger partial charge in [-0.15, -0.1) is 0 Å². The van der Waals surface area contributed by atoms with Crippen LogP contribution in [0.25, 0.3) is 0 Å². The van der Waals surface area contributed by atoms with Crippen molar-refractivity contribution >= 4 is 21.6 Å². The van der Waals surface area contributed by atoms with Gasteiger partial charge in [0.2, 0.25) is 0 Å². The zero-order valence-corrected chi connectivity index (χ0v) is 10.5. The van der Waals surface area contributed by atoms with Crippen LogP contribution < -0.4 is 5.32 Å². The first kappa shape index (κ1) is 10.0. The van der Waals surface area contributed by atoms with E-state index >= 15 is 0 Å². The summed E-state index contributed by atoms with van der Waals surface area (Å²) in [7, 11) is 0. The third-order valence-corrected chi connectivity index (χ3v) is 4.08. The van der Waals surface area contributed by atoms with Crippen molar-refractivity contribution in [2.75, 3.05) is 5.32 Å². The van der Waals surface area contributed by atoms with Gasteiger partial charge in [0.25, 0.3) is 0 Å². The minimum absolute atomic E-state index is 0.225. The highest BCUT2D eigenvalue weighted by Crippen LogP contribution is 2.44. The molecular weight excluding hydrogens is 238 g/mol. The second-order valence-corrected chi connectivity index (χ2v) is 5.26. The fourth-order valence-electron chi connectivity index (χ4n) is 2.16. The summed E-state index contributed by atoms with van der Waals surface area (Å²) in [5.74, 6) is 0.583. The maximum atomic E-state index is 3.62. The molecule has 1 nitrogen and oxygen atoms in total. The molecule has 1 aliphatic heterocycles. The Morgan fingerprint density at radius 3 is 2.86 bits per heavy atom. The highest BCUT2D eigenvalue weighted by molar-refractivity contribution is 9.10. The van der Waals surface area contributed by atoms with Crippen LogP contribution in [0.1, 0.15) is 38.7 Å². The van der Waals surface area contributed by atoms with Crippen LogP contribution in [-0.4, -0.2) is 5.54 Å². The molecule has 0 saturated carbocycles. The lowest BCUT2D eigenvalue weighted by atomic mass is 9.84. The van der Waals surface area contributed by atoms with Crippen LogP contribution in [0.3, 0.4) is 0 Å². The Morgan fingerprint density at radius 2 is 2.21 bits per heavy atom. The number of anilines is 1. The summed E-state index contributed by atoms with van der Waals surface area (Å²) in [4.78, 5) is 0. The van der Waals surface area contributed by atoms with Crippen molar-refractivity contribution in [2.24, 2.45) is 0 Å². The van der Waals surface area contributed by atoms with E-state index in [1.54, 1.807) is 0 Å². The van der Waals surface area contributed by atoms with Gasteiger partial charge in [-0.25, -0.2) is 0 Å². The predicted octanol–water partition coefficient (Wildman–Crippen LogP) is 4.15. The van der Waals surface area contributed by atoms with Gasteiger partial charge in [-0.2, -0.15) is 0 Å². The monoisotopic (exact) mass is 253 g/mol. The lowest BCUT2D eigenvalue weighted by Crippen LogP contribution is -2.33. The van der Waals surface area contributed by atoms with E-state index in [1.807, 2.05) is 0 Å². The average molecular weight is 254 g/mol. The van der Waals surface area contributed by atoms with E-state index in [4.69, 9.17) is 0 Å². The average Bonchev–Trinajstić information content (AvgIpc) is 2.42. The molecule has 0 saturated heterocycles. The van der Waals surface area contributed by atoms with Crippen molar-refractivity contribution in [3.8, 4) is 0 Å². The van der Waals surface area contributed by atoms with Gasteiger partial charge in [0, 0.05) is 21.6 Å². The molecular formula is C12H16BrN. The standard InChI is InChI=1S/C12H16BrN/c1-4-12(3)8(2)10-7-9(13)5-6-11(10)14-12/h5-8,14H,4H2,1-3H3. The first-order valence-corrected chi connectivity index (χ1v) is 5.94. The fourth-order valence-corrected chi connectivity index (χ4v) is 2.54. The lowest BCUT2D eigenvalue weighted by molar-refractivity contribution is 0.443. The van der Waals surface area contributed by atoms with Crippen LogP contribution in [0.2, 0.25) is 0 Å². The summed E-state index contributed by atoms with van der Waals surface area (Å²) in [6.07, 6.45) is 1.15. The molecule has 2 atom stereocenters. The van der Waals surface area contributed by atoms with Crippen LogP contribution in [0, 0.1) is 0 Å². The van der Waals surface area contributed by atoms with Crippen LogP contribution >= 0.6 is 15.9 Å². The number of nitrogens with one attached hydrogen (secondary N) is 1. The molecule has 1 aromatic carbocycles. The zero-order chi connectivity index (χ0) is 10.3. The number of benzene rings is 1. The number of fused-ring (bicyclic) bond motifs is 1. The summed E-state index contributed by atoms with van der Waals surface area (Å²) in [6, 6.07) is 6.49. The SMILES string of the molecule is CCC1(C)Nc2ccc(Br)cc2C1C. The Hall–Kier alpha value is -0.500. The van der Waals surface area contributed by atoms with E-state index in [0.717, 1.165) is 6.42 Å². The molecule has 1 aromatic rings. The molecule has 0 fully saturated rings. The molecule has 0 radical (unpaired) electrons. The minimum Gasteiger partial charge on any atom is -0.379 e. The van der Waals surface area contributed by atoms with E-state index in [0.29, 0.717) is 5.92 Å². The fraction of sp³-hybridized carbons (Fsp3) is 0.500. The first-order valence-electron chi connectivity index (χ1n) is 5.14. The Labute approximate surface area is 94.0 Å². The van der Waals surface area contributed by atoms with Gasteiger partial charge < -0.3 is 5.32 Å². The van der Waals surface area contributed by atoms with E-state index in [2.05, 4.69) is 60.2 Å². The first-order chi connectivity index (χ1) is 6.57. The molecule has 1 aliphatic rings. The van der Waals surface area contributed by atoms with E-state index < -0.39 is 0 Å². The van der Waals surface area contributed by atoms with Crippen molar-refractivity contribution in [1.82, 2.24) is 0 Å². The molecule has 2 heteroatoms. The van der Waals surface area contributed by atoms with Gasteiger partial charge in [-0.3, -0.25) is 0 Å². The zero-order valence-electron chi connectivity index (χ0n) is 8.89. The summed E-state index contributed by atoms with van der Waals surface area (Å²) in [5.41, 5.74) is 2.96. The van der Waals surface area contributed by atoms with Crippen molar-refractivity contribution in [3.63, 3.8) is 0 Å². The van der Waals surface area contributed by atoms with E-state index in [-0.39, 0.29) is 5.54 Å². The molecule has 0 aromatic heterocycles. The third-order valence-electron chi connectivity index (χ3n) is 3.59. The Morgan fingerprint density at radius 1 is 1.50 bits per heavy atom. The predicted molar refractivity (Wildman–Crippen MR) is 64.9 cm³/mol. The normalized spacial score (nSPS) is 29.9. The van der Waals surface area contributed by atoms with Crippen molar-refractivity contribution in [3.05, 3.63) is 28.2 Å². The van der Waals surface area contributed by atoms with Crippen LogP contribution in [0.15, 0.2) is 22.7 Å². The highest BCUT2D eigenvalue weighted by Gasteiger charge is 2.37. The second kappa shape index (κ2) is 3.27. The highest BCUT2D eigenvalue weighted by atomic mass is 79.9. The molecule has 1 N–H and O–H groups in total. The number of hydrogen-bond acceptors (Lipinski definition) is 1. The number of halogens is 1. The molecule has 0 amide bonds. The molecule has 2 unspecified atom stereocenters. The Balaban J connectivity index is 2.46. The van der Waals surface area contributed by atoms with Crippen LogP contribution in [-0.2, 0) is 0 Å². The molecule has 2 rings (SSSR count). The summed E-state index contributed by atoms with van der Waals surface area (Å²) < 4.78 is 1.17. The summed E-state index contributed by atoms with van der Waals surface area (Å²) >= 11 is 3.52. The van der Waals surface area contributed by atoms with Gasteiger partial charge in [0.15, 0.2) is 0 Å². The van der Waals surface area contributed by atoms with Crippen molar-refractivity contribution in [1.29, 1.82) is 0 Å². The largest absolute Gasteiger partial charge is 0.379 e. The van der Waals surface area contributed by atoms with Crippen molar-refractivity contribution < 1.29 is 0 Å². The van der Waals surface area contributed by atoms with Crippen LogP contribution in [0.5, 0.6) is 0 Å². The summed E-state index contributed by atoms with van der Waals surface area (Å²) in [6.45, 7) is 6.84. The van der Waals surface area contributed by atoms with Gasteiger partial charge in [-0.05, 0) is 37.1 Å². The minimum atomic E-state index is 0.225. The Bertz CT molecular complexity index is 361. The molecule has 0 aliphatic carbocycles. The van der Waals surface area contributed by atoms with Gasteiger partial charge in [0.1, 0.15) is 0 Å². The van der Waals surface area contributed by atoms with E-state index in [9.17, 15) is 0 Å². The molecule has 0 spiro atoms. The smallest absolute Gasteiger partial charge is 0.0409 e. The molecule has 0 bridgehead atoms. The molecule has 1 heterocycles. The Kier molecular flexibility index (Phi) is 2.34. The second-order valence-electron chi connectivity index (χ2n) is 4.35. The summed E-state index contributed by atoms with van der Waals surface area (Å²) in [5, 5.41) is 3.62. The quantitative estimate of drug-likeness (QED) is 0.793. The van der Waals surface area contributed by atoms with Gasteiger partial charge in [0.05, 0.1) is 0 Å². The number of hydrogen-bond donors (Lipinski definition) is 1. The topological polar surface area (TPSA) is 12.0 Å². The maximum Gasteiger partial charge on any atom is 0.0409 e. The van der Waals surface area contributed by atoms with Gasteiger partial charge >= 0.3 is 0 Å². The van der Waals surface area contributed by atoms with E-state index in [1.165, 1.54) is 15.7 Å². The van der Waals surface area contributed by atoms with Gasteiger partial charge in [-0.1, -0.05) is 29.8 Å². The third kappa shape index (κ3) is 1.36.